The van der Waals surface area contributed by atoms with Gasteiger partial charge in [-0.25, -0.2) is 19.6 Å². The molecule has 1 aromatic carbocycles. The Kier molecular flexibility index (Phi) is 5.27. The molecular formula is C14H18ClN3O3. The number of ether oxygens (including phenoxy) is 1. The normalized spacial score (nSPS) is 14.8. The van der Waals surface area contributed by atoms with E-state index in [0.29, 0.717) is 23.8 Å². The average Bonchev–Trinajstić information content (AvgIpc) is 2.47. The lowest BCUT2D eigenvalue weighted by atomic mass is 10.2. The average molecular weight is 312 g/mol. The maximum atomic E-state index is 12.3. The first kappa shape index (κ1) is 15.4. The molecule has 0 aromatic heterocycles. The summed E-state index contributed by atoms with van der Waals surface area (Å²) in [6, 6.07) is 6.49. The maximum absolute atomic E-state index is 12.3. The van der Waals surface area contributed by atoms with Gasteiger partial charge in [0.25, 0.3) is 0 Å². The number of benzene rings is 1. The zero-order chi connectivity index (χ0) is 15.2. The second-order valence-corrected chi connectivity index (χ2v) is 5.03. The van der Waals surface area contributed by atoms with Crippen LogP contribution in [0.25, 0.3) is 0 Å². The van der Waals surface area contributed by atoms with E-state index < -0.39 is 6.09 Å². The maximum Gasteiger partial charge on any atom is 0.428 e. The highest BCUT2D eigenvalue weighted by Crippen LogP contribution is 2.18. The van der Waals surface area contributed by atoms with Crippen molar-refractivity contribution in [1.82, 2.24) is 10.0 Å². The summed E-state index contributed by atoms with van der Waals surface area (Å²) >= 11 is 5.89. The number of nitrogens with one attached hydrogen (secondary N) is 1. The summed E-state index contributed by atoms with van der Waals surface area (Å²) in [6.45, 7) is 2.96. The van der Waals surface area contributed by atoms with Gasteiger partial charge in [-0.2, -0.15) is 0 Å². The molecule has 0 unspecified atom stereocenters. The number of hydrogen-bond acceptors (Lipinski definition) is 3. The molecule has 0 radical (unpaired) electrons. The van der Waals surface area contributed by atoms with E-state index in [9.17, 15) is 9.59 Å². The van der Waals surface area contributed by atoms with Gasteiger partial charge in [0.05, 0.1) is 6.61 Å². The molecule has 1 N–H and O–H groups in total. The van der Waals surface area contributed by atoms with Crippen LogP contribution in [-0.2, 0) is 4.74 Å². The highest BCUT2D eigenvalue weighted by Gasteiger charge is 2.29. The fourth-order valence-electron chi connectivity index (χ4n) is 2.12. The van der Waals surface area contributed by atoms with Crippen molar-refractivity contribution in [3.63, 3.8) is 0 Å². The van der Waals surface area contributed by atoms with Crippen molar-refractivity contribution in [1.29, 1.82) is 0 Å². The third-order valence-electron chi connectivity index (χ3n) is 3.07. The number of nitrogens with zero attached hydrogens (tertiary/aromatic N) is 2. The smallest absolute Gasteiger partial charge is 0.428 e. The van der Waals surface area contributed by atoms with Crippen LogP contribution in [0, 0.1) is 0 Å². The largest absolute Gasteiger partial charge is 0.448 e. The first-order valence-electron chi connectivity index (χ1n) is 6.90. The number of carbonyl (C=O) groups excluding carboxylic acids is 2. The molecule has 1 saturated heterocycles. The van der Waals surface area contributed by atoms with Gasteiger partial charge in [0.15, 0.2) is 0 Å². The number of halogens is 1. The van der Waals surface area contributed by atoms with Crippen molar-refractivity contribution in [2.24, 2.45) is 0 Å². The van der Waals surface area contributed by atoms with Gasteiger partial charge in [-0.1, -0.05) is 17.7 Å². The van der Waals surface area contributed by atoms with E-state index in [0.717, 1.165) is 12.8 Å². The Hall–Kier alpha value is -1.95. The Labute approximate surface area is 128 Å². The summed E-state index contributed by atoms with van der Waals surface area (Å²) in [5, 5.41) is 5.99. The second kappa shape index (κ2) is 7.17. The number of urea groups is 1. The summed E-state index contributed by atoms with van der Waals surface area (Å²) in [5.74, 6) is 0. The number of carbonyl (C=O) groups is 2. The van der Waals surface area contributed by atoms with E-state index >= 15 is 0 Å². The molecule has 1 fully saturated rings. The SMILES string of the molecule is CCOC(=O)N1CCCCN1C(=O)Nc1cccc(Cl)c1. The summed E-state index contributed by atoms with van der Waals surface area (Å²) in [5.41, 5.74) is 0.585. The van der Waals surface area contributed by atoms with Crippen LogP contribution < -0.4 is 5.32 Å². The molecule has 7 heteroatoms. The van der Waals surface area contributed by atoms with E-state index in [4.69, 9.17) is 16.3 Å². The van der Waals surface area contributed by atoms with Gasteiger partial charge in [-0.3, -0.25) is 0 Å². The number of hydrogen-bond donors (Lipinski definition) is 1. The van der Waals surface area contributed by atoms with Gasteiger partial charge < -0.3 is 10.1 Å². The van der Waals surface area contributed by atoms with Gasteiger partial charge in [-0.05, 0) is 38.0 Å². The fraction of sp³-hybridized carbons (Fsp3) is 0.429. The predicted octanol–water partition coefficient (Wildman–Crippen LogP) is 3.34. The van der Waals surface area contributed by atoms with Gasteiger partial charge in [-0.15, -0.1) is 0 Å². The summed E-state index contributed by atoms with van der Waals surface area (Å²) < 4.78 is 4.98. The van der Waals surface area contributed by atoms with Crippen LogP contribution in [0.2, 0.25) is 5.02 Å². The van der Waals surface area contributed by atoms with E-state index in [1.54, 1.807) is 31.2 Å². The van der Waals surface area contributed by atoms with Crippen molar-refractivity contribution in [2.45, 2.75) is 19.8 Å². The molecule has 0 bridgehead atoms. The predicted molar refractivity (Wildman–Crippen MR) is 80.1 cm³/mol. The highest BCUT2D eigenvalue weighted by molar-refractivity contribution is 6.30. The minimum Gasteiger partial charge on any atom is -0.448 e. The third kappa shape index (κ3) is 4.01. The van der Waals surface area contributed by atoms with Crippen LogP contribution in [0.5, 0.6) is 0 Å². The van der Waals surface area contributed by atoms with Gasteiger partial charge in [0.2, 0.25) is 0 Å². The Morgan fingerprint density at radius 1 is 1.29 bits per heavy atom. The van der Waals surface area contributed by atoms with Crippen molar-refractivity contribution in [2.75, 3.05) is 25.0 Å². The number of amides is 3. The molecule has 0 spiro atoms. The van der Waals surface area contributed by atoms with E-state index in [1.807, 2.05) is 0 Å². The lowest BCUT2D eigenvalue weighted by Crippen LogP contribution is -2.54. The molecule has 21 heavy (non-hydrogen) atoms. The monoisotopic (exact) mass is 311 g/mol. The molecule has 6 nitrogen and oxygen atoms in total. The van der Waals surface area contributed by atoms with Crippen LogP contribution in [0.15, 0.2) is 24.3 Å². The Morgan fingerprint density at radius 2 is 2.00 bits per heavy atom. The first-order chi connectivity index (χ1) is 10.1. The van der Waals surface area contributed by atoms with Crippen LogP contribution in [0.1, 0.15) is 19.8 Å². The van der Waals surface area contributed by atoms with E-state index in [1.165, 1.54) is 10.0 Å². The molecule has 0 saturated carbocycles. The molecule has 1 aliphatic rings. The molecule has 1 aromatic rings. The zero-order valence-corrected chi connectivity index (χ0v) is 12.6. The van der Waals surface area contributed by atoms with E-state index in [2.05, 4.69) is 5.32 Å². The van der Waals surface area contributed by atoms with Gasteiger partial charge >= 0.3 is 12.1 Å². The highest BCUT2D eigenvalue weighted by atomic mass is 35.5. The Bertz CT molecular complexity index is 524. The van der Waals surface area contributed by atoms with Crippen LogP contribution >= 0.6 is 11.6 Å². The molecule has 114 valence electrons. The lowest BCUT2D eigenvalue weighted by molar-refractivity contribution is -0.00724. The van der Waals surface area contributed by atoms with Crippen LogP contribution in [0.3, 0.4) is 0 Å². The minimum atomic E-state index is -0.501. The number of anilines is 1. The second-order valence-electron chi connectivity index (χ2n) is 4.59. The standard InChI is InChI=1S/C14H18ClN3O3/c1-2-21-14(20)18-9-4-3-8-17(18)13(19)16-12-7-5-6-11(15)10-12/h5-7,10H,2-4,8-9H2,1H3,(H,16,19). The summed E-state index contributed by atoms with van der Waals surface area (Å²) in [7, 11) is 0. The third-order valence-corrected chi connectivity index (χ3v) is 3.31. The number of hydrazine groups is 1. The van der Waals surface area contributed by atoms with Gasteiger partial charge in [0.1, 0.15) is 0 Å². The molecular weight excluding hydrogens is 294 g/mol. The molecule has 1 heterocycles. The minimum absolute atomic E-state index is 0.277. The molecule has 1 aliphatic heterocycles. The Morgan fingerprint density at radius 3 is 2.67 bits per heavy atom. The molecule has 2 rings (SSSR count). The van der Waals surface area contributed by atoms with Crippen molar-refractivity contribution in [3.8, 4) is 0 Å². The topological polar surface area (TPSA) is 61.9 Å². The van der Waals surface area contributed by atoms with E-state index in [-0.39, 0.29) is 12.6 Å². The van der Waals surface area contributed by atoms with Crippen molar-refractivity contribution < 1.29 is 14.3 Å². The summed E-state index contributed by atoms with van der Waals surface area (Å²) in [6.07, 6.45) is 1.19. The van der Waals surface area contributed by atoms with Gasteiger partial charge in [0, 0.05) is 23.8 Å². The van der Waals surface area contributed by atoms with Crippen molar-refractivity contribution in [3.05, 3.63) is 29.3 Å². The molecule has 0 aliphatic carbocycles. The van der Waals surface area contributed by atoms with Crippen molar-refractivity contribution >= 4 is 29.4 Å². The fourth-order valence-corrected chi connectivity index (χ4v) is 2.31. The first-order valence-corrected chi connectivity index (χ1v) is 7.28. The zero-order valence-electron chi connectivity index (χ0n) is 11.8. The van der Waals surface area contributed by atoms with Crippen LogP contribution in [-0.4, -0.2) is 41.8 Å². The number of rotatable bonds is 2. The molecule has 0 atom stereocenters. The quantitative estimate of drug-likeness (QED) is 0.911. The van der Waals surface area contributed by atoms with Crippen LogP contribution in [0.4, 0.5) is 15.3 Å². The lowest BCUT2D eigenvalue weighted by Gasteiger charge is -2.37. The Balaban J connectivity index is 2.06. The molecule has 3 amide bonds. The summed E-state index contributed by atoms with van der Waals surface area (Å²) in [4.78, 5) is 24.2.